The zero-order valence-corrected chi connectivity index (χ0v) is 13.8. The van der Waals surface area contributed by atoms with Crippen LogP contribution >= 0.6 is 11.6 Å². The zero-order chi connectivity index (χ0) is 15.8. The molecule has 0 saturated heterocycles. The zero-order valence-electron chi connectivity index (χ0n) is 13.0. The monoisotopic (exact) mass is 319 g/mol. The van der Waals surface area contributed by atoms with Crippen LogP contribution < -0.4 is 0 Å². The maximum atomic E-state index is 11.5. The normalized spacial score (nSPS) is 27.2. The highest BCUT2D eigenvalue weighted by molar-refractivity contribution is 6.30. The Morgan fingerprint density at radius 3 is 2.68 bits per heavy atom. The van der Waals surface area contributed by atoms with Crippen molar-refractivity contribution in [1.29, 1.82) is 0 Å². The van der Waals surface area contributed by atoms with Crippen LogP contribution in [0.15, 0.2) is 36.9 Å². The number of nitrogens with zero attached hydrogens (tertiary/aromatic N) is 3. The van der Waals surface area contributed by atoms with Gasteiger partial charge in [0.2, 0.25) is 0 Å². The first-order chi connectivity index (χ1) is 10.4. The van der Waals surface area contributed by atoms with Crippen LogP contribution in [0.2, 0.25) is 5.02 Å². The van der Waals surface area contributed by atoms with Crippen molar-refractivity contribution in [2.24, 2.45) is 11.3 Å². The summed E-state index contributed by atoms with van der Waals surface area (Å²) in [6.07, 6.45) is 6.06. The summed E-state index contributed by atoms with van der Waals surface area (Å²) in [4.78, 5) is 3.99. The predicted molar refractivity (Wildman–Crippen MR) is 86.6 cm³/mol. The van der Waals surface area contributed by atoms with Gasteiger partial charge < -0.3 is 5.11 Å². The van der Waals surface area contributed by atoms with E-state index in [1.54, 1.807) is 11.0 Å². The molecule has 2 aromatic rings. The van der Waals surface area contributed by atoms with Gasteiger partial charge in [-0.25, -0.2) is 4.98 Å². The fourth-order valence-electron chi connectivity index (χ4n) is 3.62. The topological polar surface area (TPSA) is 50.9 Å². The molecular weight excluding hydrogens is 298 g/mol. The molecule has 1 fully saturated rings. The largest absolute Gasteiger partial charge is 0.387 e. The molecule has 1 heterocycles. The van der Waals surface area contributed by atoms with Gasteiger partial charge in [0.1, 0.15) is 12.7 Å². The van der Waals surface area contributed by atoms with Crippen molar-refractivity contribution >= 4 is 11.6 Å². The lowest BCUT2D eigenvalue weighted by Crippen LogP contribution is -2.49. The van der Waals surface area contributed by atoms with Crippen molar-refractivity contribution in [2.45, 2.75) is 45.3 Å². The second-order valence-corrected chi connectivity index (χ2v) is 7.40. The minimum Gasteiger partial charge on any atom is -0.387 e. The van der Waals surface area contributed by atoms with E-state index in [1.807, 2.05) is 24.3 Å². The van der Waals surface area contributed by atoms with Crippen molar-refractivity contribution in [3.05, 3.63) is 47.5 Å². The molecule has 0 amide bonds. The van der Waals surface area contributed by atoms with Crippen molar-refractivity contribution < 1.29 is 5.11 Å². The molecule has 0 bridgehead atoms. The third kappa shape index (κ3) is 2.77. The summed E-state index contributed by atoms with van der Waals surface area (Å²) in [6.45, 7) is 4.77. The summed E-state index contributed by atoms with van der Waals surface area (Å²) in [6, 6.07) is 7.91. The Morgan fingerprint density at radius 1 is 1.32 bits per heavy atom. The molecule has 1 N–H and O–H groups in total. The average Bonchev–Trinajstić information content (AvgIpc) is 3.04. The maximum absolute atomic E-state index is 11.5. The Bertz CT molecular complexity index is 624. The number of aromatic nitrogens is 3. The quantitative estimate of drug-likeness (QED) is 0.940. The number of hydrogen-bond acceptors (Lipinski definition) is 3. The Kier molecular flexibility index (Phi) is 4.00. The predicted octanol–water partition coefficient (Wildman–Crippen LogP) is 3.34. The smallest absolute Gasteiger partial charge is 0.137 e. The van der Waals surface area contributed by atoms with E-state index in [-0.39, 0.29) is 11.3 Å². The number of hydrogen-bond donors (Lipinski definition) is 1. The van der Waals surface area contributed by atoms with Gasteiger partial charge in [-0.2, -0.15) is 5.10 Å². The van der Waals surface area contributed by atoms with Gasteiger partial charge in [0, 0.05) is 5.02 Å². The van der Waals surface area contributed by atoms with Crippen LogP contribution in [-0.4, -0.2) is 25.5 Å². The van der Waals surface area contributed by atoms with Gasteiger partial charge >= 0.3 is 0 Å². The molecule has 1 aliphatic carbocycles. The molecule has 5 heteroatoms. The average molecular weight is 320 g/mol. The summed E-state index contributed by atoms with van der Waals surface area (Å²) in [5.74, 6) is 0.202. The SMILES string of the molecule is CC1(C)CC[C@@H](Cc2ccc(Cl)cc2)[C@@]1(O)Cn1cncn1. The standard InChI is InChI=1S/C17H22ClN3O/c1-16(2)8-7-14(9-13-3-5-15(18)6-4-13)17(16,22)10-21-12-19-11-20-21/h3-6,11-12,14,22H,7-10H2,1-2H3/t14-,17-/m0/s1. The summed E-state index contributed by atoms with van der Waals surface area (Å²) in [7, 11) is 0. The van der Waals surface area contributed by atoms with E-state index in [4.69, 9.17) is 11.6 Å². The Labute approximate surface area is 136 Å². The van der Waals surface area contributed by atoms with Crippen LogP contribution in [0.25, 0.3) is 0 Å². The molecule has 2 atom stereocenters. The molecule has 118 valence electrons. The highest BCUT2D eigenvalue weighted by Crippen LogP contribution is 2.51. The molecule has 4 nitrogen and oxygen atoms in total. The van der Waals surface area contributed by atoms with Crippen molar-refractivity contribution in [3.8, 4) is 0 Å². The molecule has 1 aromatic heterocycles. The number of benzene rings is 1. The summed E-state index contributed by atoms with van der Waals surface area (Å²) in [5.41, 5.74) is 0.278. The van der Waals surface area contributed by atoms with Gasteiger partial charge in [0.05, 0.1) is 12.1 Å². The number of rotatable bonds is 4. The van der Waals surface area contributed by atoms with E-state index in [2.05, 4.69) is 23.9 Å². The lowest BCUT2D eigenvalue weighted by Gasteiger charge is -2.40. The maximum Gasteiger partial charge on any atom is 0.137 e. The first-order valence-corrected chi connectivity index (χ1v) is 8.08. The van der Waals surface area contributed by atoms with Crippen molar-refractivity contribution in [3.63, 3.8) is 0 Å². The van der Waals surface area contributed by atoms with E-state index in [1.165, 1.54) is 11.9 Å². The molecule has 0 unspecified atom stereocenters. The summed E-state index contributed by atoms with van der Waals surface area (Å²) >= 11 is 5.96. The minimum absolute atomic E-state index is 0.143. The minimum atomic E-state index is -0.791. The first kappa shape index (κ1) is 15.5. The first-order valence-electron chi connectivity index (χ1n) is 7.70. The highest BCUT2D eigenvalue weighted by Gasteiger charge is 2.54. The van der Waals surface area contributed by atoms with Crippen LogP contribution in [0, 0.1) is 11.3 Å². The van der Waals surface area contributed by atoms with E-state index < -0.39 is 5.60 Å². The van der Waals surface area contributed by atoms with Gasteiger partial charge in [-0.15, -0.1) is 0 Å². The summed E-state index contributed by atoms with van der Waals surface area (Å²) in [5, 5.41) is 16.4. The van der Waals surface area contributed by atoms with Crippen LogP contribution in [0.5, 0.6) is 0 Å². The van der Waals surface area contributed by atoms with Gasteiger partial charge in [-0.05, 0) is 48.3 Å². The van der Waals surface area contributed by atoms with E-state index in [0.29, 0.717) is 6.54 Å². The van der Waals surface area contributed by atoms with Crippen LogP contribution in [0.3, 0.4) is 0 Å². The second-order valence-electron chi connectivity index (χ2n) is 6.97. The van der Waals surface area contributed by atoms with Gasteiger partial charge in [0.25, 0.3) is 0 Å². The third-order valence-corrected chi connectivity index (χ3v) is 5.48. The molecule has 0 radical (unpaired) electrons. The number of aliphatic hydroxyl groups is 1. The summed E-state index contributed by atoms with van der Waals surface area (Å²) < 4.78 is 1.74. The van der Waals surface area contributed by atoms with Gasteiger partial charge in [-0.1, -0.05) is 37.6 Å². The fourth-order valence-corrected chi connectivity index (χ4v) is 3.75. The molecular formula is C17H22ClN3O. The second kappa shape index (κ2) is 5.67. The Hall–Kier alpha value is -1.39. The lowest BCUT2D eigenvalue weighted by molar-refractivity contribution is -0.0907. The number of halogens is 1. The molecule has 0 spiro atoms. The van der Waals surface area contributed by atoms with Crippen molar-refractivity contribution in [2.75, 3.05) is 0 Å². The van der Waals surface area contributed by atoms with Crippen LogP contribution in [0.1, 0.15) is 32.3 Å². The van der Waals surface area contributed by atoms with Crippen LogP contribution in [0.4, 0.5) is 0 Å². The lowest BCUT2D eigenvalue weighted by atomic mass is 9.72. The van der Waals surface area contributed by atoms with E-state index in [9.17, 15) is 5.11 Å². The third-order valence-electron chi connectivity index (χ3n) is 5.23. The fraction of sp³-hybridized carbons (Fsp3) is 0.529. The van der Waals surface area contributed by atoms with E-state index in [0.717, 1.165) is 24.3 Å². The van der Waals surface area contributed by atoms with Crippen molar-refractivity contribution in [1.82, 2.24) is 14.8 Å². The molecule has 22 heavy (non-hydrogen) atoms. The molecule has 1 aromatic carbocycles. The van der Waals surface area contributed by atoms with Gasteiger partial charge in [-0.3, -0.25) is 4.68 Å². The highest BCUT2D eigenvalue weighted by atomic mass is 35.5. The Morgan fingerprint density at radius 2 is 2.05 bits per heavy atom. The molecule has 3 rings (SSSR count). The molecule has 0 aliphatic heterocycles. The van der Waals surface area contributed by atoms with E-state index >= 15 is 0 Å². The molecule has 1 aliphatic rings. The Balaban J connectivity index is 1.84. The van der Waals surface area contributed by atoms with Crippen LogP contribution in [-0.2, 0) is 13.0 Å². The molecule has 1 saturated carbocycles. The van der Waals surface area contributed by atoms with Gasteiger partial charge in [0.15, 0.2) is 0 Å².